The van der Waals surface area contributed by atoms with E-state index in [1.807, 2.05) is 0 Å². The first kappa shape index (κ1) is 42.6. The van der Waals surface area contributed by atoms with Gasteiger partial charge in [0.1, 0.15) is 11.4 Å². The Morgan fingerprint density at radius 2 is 0.913 bits per heavy atom. The Morgan fingerprint density at radius 1 is 0.522 bits per heavy atom. The van der Waals surface area contributed by atoms with Crippen LogP contribution in [0.3, 0.4) is 0 Å². The molecule has 0 unspecified atom stereocenters. The minimum Gasteiger partial charge on any atom is -0.396 e. The van der Waals surface area contributed by atoms with Crippen molar-refractivity contribution in [2.45, 2.75) is 187 Å². The van der Waals surface area contributed by atoms with Gasteiger partial charge in [0.25, 0.3) is 10.9 Å². The average Bonchev–Trinajstić information content (AvgIpc) is 3.06. The van der Waals surface area contributed by atoms with Crippen LogP contribution in [-0.4, -0.2) is 49.8 Å². The van der Waals surface area contributed by atoms with Gasteiger partial charge >= 0.3 is 0 Å². The van der Waals surface area contributed by atoms with E-state index in [2.05, 4.69) is 29.4 Å². The Bertz CT molecular complexity index is 850. The van der Waals surface area contributed by atoms with E-state index in [0.29, 0.717) is 18.0 Å². The van der Waals surface area contributed by atoms with E-state index < -0.39 is 10.9 Å². The lowest BCUT2D eigenvalue weighted by Crippen LogP contribution is -2.36. The topological polar surface area (TPSA) is 81.7 Å². The number of anilines is 2. The number of nitrogens with one attached hydrogen (secondary N) is 2. The standard InChI is InChI=1S/C40H77N3O3/c1-4-6-8-10-13-20-28-36(29-21-14-11-9-7-5-2)30-22-15-12-16-24-32-43(33-25-17-18-27-35-44)34-26-19-23-31-42-38-37(41-3)39(45)40(38)46/h36,41-42,44H,4-35H2,1-3H3. The third-order valence-corrected chi connectivity index (χ3v) is 10.0. The number of unbranched alkanes of at least 4 members (excludes halogenated alkanes) is 19. The van der Waals surface area contributed by atoms with E-state index in [4.69, 9.17) is 5.11 Å². The smallest absolute Gasteiger partial charge is 0.253 e. The Kier molecular flexibility index (Phi) is 28.6. The molecule has 0 spiro atoms. The second-order valence-corrected chi connectivity index (χ2v) is 14.2. The van der Waals surface area contributed by atoms with Gasteiger partial charge in [-0.05, 0) is 57.7 Å². The van der Waals surface area contributed by atoms with Gasteiger partial charge in [0.2, 0.25) is 0 Å². The lowest BCUT2D eigenvalue weighted by Gasteiger charge is -2.22. The second kappa shape index (κ2) is 30.9. The molecule has 1 aromatic carbocycles. The van der Waals surface area contributed by atoms with Gasteiger partial charge in [-0.2, -0.15) is 0 Å². The molecule has 0 aliphatic heterocycles. The van der Waals surface area contributed by atoms with Gasteiger partial charge in [-0.3, -0.25) is 9.59 Å². The first-order valence-corrected chi connectivity index (χ1v) is 20.2. The molecule has 0 aliphatic carbocycles. The van der Waals surface area contributed by atoms with Crippen molar-refractivity contribution in [1.29, 1.82) is 0 Å². The molecule has 0 amide bonds. The quantitative estimate of drug-likeness (QED) is 0.0497. The molecule has 0 fully saturated rings. The Balaban J connectivity index is 2.28. The number of rotatable bonds is 36. The summed E-state index contributed by atoms with van der Waals surface area (Å²) in [4.78, 5) is 26.0. The first-order valence-electron chi connectivity index (χ1n) is 20.2. The van der Waals surface area contributed by atoms with E-state index >= 15 is 0 Å². The van der Waals surface area contributed by atoms with Crippen LogP contribution >= 0.6 is 0 Å². The molecule has 0 aliphatic rings. The zero-order chi connectivity index (χ0) is 33.5. The second-order valence-electron chi connectivity index (χ2n) is 14.2. The molecule has 6 nitrogen and oxygen atoms in total. The molecule has 0 atom stereocenters. The normalized spacial score (nSPS) is 11.8. The minimum atomic E-state index is -0.407. The Hall–Kier alpha value is -1.40. The lowest BCUT2D eigenvalue weighted by molar-refractivity contribution is 0.249. The Labute approximate surface area is 285 Å². The van der Waals surface area contributed by atoms with Crippen molar-refractivity contribution in [2.75, 3.05) is 50.5 Å². The summed E-state index contributed by atoms with van der Waals surface area (Å²) in [5, 5.41) is 15.1. The van der Waals surface area contributed by atoms with Crippen LogP contribution in [0.1, 0.15) is 187 Å². The molecule has 270 valence electrons. The maximum atomic E-state index is 11.7. The fraction of sp³-hybridized carbons (Fsp3) is 0.900. The highest BCUT2D eigenvalue weighted by Crippen LogP contribution is 2.25. The molecule has 0 saturated heterocycles. The van der Waals surface area contributed by atoms with Crippen LogP contribution in [0.25, 0.3) is 0 Å². The monoisotopic (exact) mass is 648 g/mol. The molecule has 0 heterocycles. The van der Waals surface area contributed by atoms with Gasteiger partial charge in [-0.1, -0.05) is 155 Å². The number of aliphatic hydroxyl groups excluding tert-OH is 1. The molecule has 0 radical (unpaired) electrons. The van der Waals surface area contributed by atoms with Crippen LogP contribution < -0.4 is 21.5 Å². The molecule has 1 rings (SSSR count). The van der Waals surface area contributed by atoms with Crippen molar-refractivity contribution in [1.82, 2.24) is 4.90 Å². The summed E-state index contributed by atoms with van der Waals surface area (Å²) >= 11 is 0. The summed E-state index contributed by atoms with van der Waals surface area (Å²) in [6, 6.07) is 0. The largest absolute Gasteiger partial charge is 0.396 e. The molecule has 0 aromatic heterocycles. The van der Waals surface area contributed by atoms with Crippen LogP contribution in [-0.2, 0) is 0 Å². The number of nitrogens with zero attached hydrogens (tertiary/aromatic N) is 1. The van der Waals surface area contributed by atoms with Crippen LogP contribution in [0.4, 0.5) is 11.4 Å². The van der Waals surface area contributed by atoms with Gasteiger partial charge in [0.05, 0.1) is 0 Å². The maximum Gasteiger partial charge on any atom is 0.253 e. The molecule has 6 heteroatoms. The summed E-state index contributed by atoms with van der Waals surface area (Å²) < 4.78 is 0. The van der Waals surface area contributed by atoms with Gasteiger partial charge in [-0.15, -0.1) is 0 Å². The number of hydrogen-bond acceptors (Lipinski definition) is 6. The highest BCUT2D eigenvalue weighted by molar-refractivity contribution is 5.73. The molecule has 1 aromatic rings. The van der Waals surface area contributed by atoms with E-state index in [1.165, 1.54) is 154 Å². The third-order valence-electron chi connectivity index (χ3n) is 10.0. The molecular weight excluding hydrogens is 570 g/mol. The van der Waals surface area contributed by atoms with Crippen LogP contribution in [0.2, 0.25) is 0 Å². The zero-order valence-corrected chi connectivity index (χ0v) is 30.9. The summed E-state index contributed by atoms with van der Waals surface area (Å²) in [5.41, 5.74) is 0.0929. The van der Waals surface area contributed by atoms with Crippen molar-refractivity contribution in [2.24, 2.45) is 5.92 Å². The highest BCUT2D eigenvalue weighted by atomic mass is 16.3. The predicted molar refractivity (Wildman–Crippen MR) is 202 cm³/mol. The van der Waals surface area contributed by atoms with Crippen molar-refractivity contribution in [3.8, 4) is 0 Å². The first-order chi connectivity index (χ1) is 22.6. The van der Waals surface area contributed by atoms with Crippen LogP contribution in [0.5, 0.6) is 0 Å². The molecule has 3 N–H and O–H groups in total. The number of aliphatic hydroxyl groups is 1. The van der Waals surface area contributed by atoms with Crippen molar-refractivity contribution in [3.63, 3.8) is 0 Å². The van der Waals surface area contributed by atoms with Crippen LogP contribution in [0, 0.1) is 5.92 Å². The van der Waals surface area contributed by atoms with Gasteiger partial charge < -0.3 is 20.6 Å². The average molecular weight is 648 g/mol. The van der Waals surface area contributed by atoms with E-state index in [1.54, 1.807) is 7.05 Å². The Morgan fingerprint density at radius 3 is 1.37 bits per heavy atom. The fourth-order valence-electron chi connectivity index (χ4n) is 6.94. The molecule has 46 heavy (non-hydrogen) atoms. The summed E-state index contributed by atoms with van der Waals surface area (Å²) in [6.45, 7) is 9.17. The predicted octanol–water partition coefficient (Wildman–Crippen LogP) is 10.2. The lowest BCUT2D eigenvalue weighted by atomic mass is 9.89. The molecule has 0 saturated carbocycles. The van der Waals surface area contributed by atoms with Crippen molar-refractivity contribution < 1.29 is 5.11 Å². The summed E-state index contributed by atoms with van der Waals surface area (Å²) in [7, 11) is 1.69. The van der Waals surface area contributed by atoms with Gasteiger partial charge in [0, 0.05) is 20.2 Å². The fourth-order valence-corrected chi connectivity index (χ4v) is 6.94. The van der Waals surface area contributed by atoms with E-state index in [-0.39, 0.29) is 0 Å². The summed E-state index contributed by atoms with van der Waals surface area (Å²) in [5.74, 6) is 0.965. The molecule has 0 bridgehead atoms. The molecular formula is C40H77N3O3. The van der Waals surface area contributed by atoms with Crippen molar-refractivity contribution >= 4 is 11.4 Å². The van der Waals surface area contributed by atoms with Gasteiger partial charge in [0.15, 0.2) is 0 Å². The third kappa shape index (κ3) is 21.5. The van der Waals surface area contributed by atoms with Gasteiger partial charge in [-0.25, -0.2) is 0 Å². The van der Waals surface area contributed by atoms with E-state index in [0.717, 1.165) is 51.2 Å². The number of hydrogen-bond donors (Lipinski definition) is 3. The summed E-state index contributed by atoms with van der Waals surface area (Å²) in [6.07, 6.45) is 36.0. The van der Waals surface area contributed by atoms with Crippen molar-refractivity contribution in [3.05, 3.63) is 20.4 Å². The van der Waals surface area contributed by atoms with E-state index in [9.17, 15) is 9.59 Å². The highest BCUT2D eigenvalue weighted by Gasteiger charge is 2.18. The minimum absolute atomic E-state index is 0.309. The SMILES string of the molecule is CCCCCCCCC(CCCCCCCC)CCCCCCCN(CCCCCCO)CCCCCNc1c(NC)c(=O)c1=O. The zero-order valence-electron chi connectivity index (χ0n) is 30.9. The van der Waals surface area contributed by atoms with Crippen LogP contribution in [0.15, 0.2) is 9.59 Å². The maximum absolute atomic E-state index is 11.7.